The largest absolute Gasteiger partial charge is 0.387 e. The smallest absolute Gasteiger partial charge is 0.319 e. The molecule has 5 rings (SSSR count). The highest BCUT2D eigenvalue weighted by Gasteiger charge is 2.48. The summed E-state index contributed by atoms with van der Waals surface area (Å²) in [6.07, 6.45) is 2.37. The molecule has 41 heavy (non-hydrogen) atoms. The lowest BCUT2D eigenvalue weighted by Gasteiger charge is -2.37. The fraction of sp³-hybridized carbons (Fsp3) is 0.586. The van der Waals surface area contributed by atoms with Gasteiger partial charge in [-0.3, -0.25) is 4.57 Å². The van der Waals surface area contributed by atoms with E-state index in [1.165, 1.54) is 31.1 Å². The number of hydrogen-bond acceptors (Lipinski definition) is 8. The summed E-state index contributed by atoms with van der Waals surface area (Å²) in [6.45, 7) is 9.27. The first-order valence-corrected chi connectivity index (χ1v) is 14.4. The molecule has 2 aromatic heterocycles. The second-order valence-corrected chi connectivity index (χ2v) is 12.8. The number of carbonyl (C=O) groups is 1. The van der Waals surface area contributed by atoms with E-state index in [0.29, 0.717) is 34.7 Å². The second kappa shape index (κ2) is 11.5. The standard InChI is InChI=1S/C29H42N8O4/c1-29(2,3)19-8-10-20(11-9-19)35-28(40)31-12-5-13-37(4,14-18-6-7-18)15-21-23(38)24(39)27(41-21)36-17-34-22-25(30)32-16-33-26(22)36/h8-11,16-18,21,23-24,27,38-39H,5-7,12-15H2,1-4H3,(H3-,30,31,32,33,35,40)/p+1/t21-,23-,24-,27-,37?/m1/s1. The SMILES string of the molecule is CC(C)(C)c1ccc(NC(=O)NCCC[N+](C)(CC2CC2)C[C@H]2O[C@@H](n3cnc4c(N)ncnc43)[C@H](O)[C@@H]2O)cc1. The maximum atomic E-state index is 12.5. The molecule has 1 unspecified atom stereocenters. The molecule has 1 aromatic carbocycles. The molecule has 1 saturated carbocycles. The van der Waals surface area contributed by atoms with E-state index < -0.39 is 24.5 Å². The van der Waals surface area contributed by atoms with Crippen molar-refractivity contribution in [1.82, 2.24) is 24.8 Å². The number of carbonyl (C=O) groups excluding carboxylic acids is 1. The average Bonchev–Trinajstić information content (AvgIpc) is 3.55. The van der Waals surface area contributed by atoms with E-state index in [2.05, 4.69) is 53.4 Å². The number of rotatable bonds is 10. The number of amides is 2. The van der Waals surface area contributed by atoms with E-state index in [1.54, 1.807) is 4.57 Å². The van der Waals surface area contributed by atoms with Crippen LogP contribution in [0.15, 0.2) is 36.9 Å². The molecule has 2 amide bonds. The second-order valence-electron chi connectivity index (χ2n) is 12.8. The van der Waals surface area contributed by atoms with Crippen LogP contribution in [0.25, 0.3) is 11.2 Å². The van der Waals surface area contributed by atoms with Crippen molar-refractivity contribution in [2.75, 3.05) is 44.3 Å². The van der Waals surface area contributed by atoms with Crippen molar-refractivity contribution in [3.63, 3.8) is 0 Å². The molecule has 222 valence electrons. The number of ether oxygens (including phenoxy) is 1. The van der Waals surface area contributed by atoms with Crippen molar-refractivity contribution < 1.29 is 24.2 Å². The number of anilines is 2. The predicted octanol–water partition coefficient (Wildman–Crippen LogP) is 2.39. The Morgan fingerprint density at radius 1 is 1.12 bits per heavy atom. The van der Waals surface area contributed by atoms with Gasteiger partial charge in [0.05, 0.1) is 26.5 Å². The first-order valence-electron chi connectivity index (χ1n) is 14.4. The number of benzene rings is 1. The van der Waals surface area contributed by atoms with Crippen LogP contribution in [0.2, 0.25) is 0 Å². The molecule has 2 fully saturated rings. The number of nitrogen functional groups attached to an aromatic ring is 1. The van der Waals surface area contributed by atoms with Gasteiger partial charge in [0.1, 0.15) is 36.7 Å². The number of quaternary nitrogens is 1. The minimum Gasteiger partial charge on any atom is -0.387 e. The van der Waals surface area contributed by atoms with E-state index in [9.17, 15) is 15.0 Å². The van der Waals surface area contributed by atoms with Crippen molar-refractivity contribution in [3.8, 4) is 0 Å². The number of hydrogen-bond donors (Lipinski definition) is 5. The lowest BCUT2D eigenvalue weighted by Crippen LogP contribution is -2.53. The molecular formula is C29H43N8O4+. The molecule has 5 atom stereocenters. The Bertz CT molecular complexity index is 1350. The van der Waals surface area contributed by atoms with Gasteiger partial charge >= 0.3 is 6.03 Å². The molecule has 3 heterocycles. The summed E-state index contributed by atoms with van der Waals surface area (Å²) in [5.41, 5.74) is 8.81. The lowest BCUT2D eigenvalue weighted by atomic mass is 9.87. The summed E-state index contributed by atoms with van der Waals surface area (Å²) in [6, 6.07) is 7.69. The molecule has 1 aliphatic heterocycles. The highest BCUT2D eigenvalue weighted by Crippen LogP contribution is 2.36. The Morgan fingerprint density at radius 3 is 2.54 bits per heavy atom. The first-order chi connectivity index (χ1) is 19.4. The molecule has 6 N–H and O–H groups in total. The predicted molar refractivity (Wildman–Crippen MR) is 156 cm³/mol. The minimum atomic E-state index is -1.15. The molecule has 0 radical (unpaired) electrons. The lowest BCUT2D eigenvalue weighted by molar-refractivity contribution is -0.914. The van der Waals surface area contributed by atoms with Crippen LogP contribution in [0, 0.1) is 5.92 Å². The van der Waals surface area contributed by atoms with Crippen LogP contribution in [0.1, 0.15) is 51.8 Å². The Morgan fingerprint density at radius 2 is 1.85 bits per heavy atom. The van der Waals surface area contributed by atoms with Crippen molar-refractivity contribution >= 4 is 28.7 Å². The summed E-state index contributed by atoms with van der Waals surface area (Å²) in [5.74, 6) is 0.886. The number of aliphatic hydroxyl groups is 2. The Kier molecular flexibility index (Phi) is 8.20. The third-order valence-electron chi connectivity index (χ3n) is 8.18. The van der Waals surface area contributed by atoms with E-state index in [-0.39, 0.29) is 17.3 Å². The average molecular weight is 568 g/mol. The number of aliphatic hydroxyl groups excluding tert-OH is 2. The molecule has 0 bridgehead atoms. The van der Waals surface area contributed by atoms with Crippen molar-refractivity contribution in [1.29, 1.82) is 0 Å². The fourth-order valence-corrected chi connectivity index (χ4v) is 5.67. The Labute approximate surface area is 240 Å². The number of aromatic nitrogens is 4. The maximum Gasteiger partial charge on any atom is 0.319 e. The molecule has 3 aromatic rings. The molecule has 1 saturated heterocycles. The van der Waals surface area contributed by atoms with Gasteiger partial charge in [-0.05, 0) is 36.0 Å². The Hall–Kier alpha value is -3.32. The van der Waals surface area contributed by atoms with Crippen LogP contribution in [0.3, 0.4) is 0 Å². The zero-order valence-electron chi connectivity index (χ0n) is 24.3. The summed E-state index contributed by atoms with van der Waals surface area (Å²) >= 11 is 0. The first kappa shape index (κ1) is 29.2. The van der Waals surface area contributed by atoms with Gasteiger partial charge in [-0.1, -0.05) is 32.9 Å². The topological polar surface area (TPSA) is 160 Å². The highest BCUT2D eigenvalue weighted by molar-refractivity contribution is 5.89. The van der Waals surface area contributed by atoms with Crippen LogP contribution in [0.4, 0.5) is 16.3 Å². The number of fused-ring (bicyclic) bond motifs is 1. The maximum absolute atomic E-state index is 12.5. The normalized spacial score (nSPS) is 24.3. The molecule has 0 spiro atoms. The van der Waals surface area contributed by atoms with Crippen LogP contribution in [-0.2, 0) is 10.2 Å². The quantitative estimate of drug-likeness (QED) is 0.184. The molecule has 12 heteroatoms. The van der Waals surface area contributed by atoms with E-state index >= 15 is 0 Å². The number of urea groups is 1. The van der Waals surface area contributed by atoms with Crippen molar-refractivity contribution in [2.24, 2.45) is 5.92 Å². The van der Waals surface area contributed by atoms with Gasteiger partial charge in [-0.25, -0.2) is 19.7 Å². The zero-order chi connectivity index (χ0) is 29.4. The van der Waals surface area contributed by atoms with Gasteiger partial charge in [-0.15, -0.1) is 0 Å². The van der Waals surface area contributed by atoms with Crippen LogP contribution in [0.5, 0.6) is 0 Å². The number of likely N-dealkylation sites (N-methyl/N-ethyl adjacent to an activating group) is 1. The molecule has 1 aliphatic carbocycles. The van der Waals surface area contributed by atoms with Gasteiger partial charge in [0.25, 0.3) is 0 Å². The summed E-state index contributed by atoms with van der Waals surface area (Å²) in [5, 5.41) is 27.7. The third kappa shape index (κ3) is 6.78. The van der Waals surface area contributed by atoms with Gasteiger partial charge in [0.15, 0.2) is 17.7 Å². The van der Waals surface area contributed by atoms with E-state index in [4.69, 9.17) is 10.5 Å². The van der Waals surface area contributed by atoms with E-state index in [0.717, 1.165) is 25.2 Å². The molecule has 12 nitrogen and oxygen atoms in total. The fourth-order valence-electron chi connectivity index (χ4n) is 5.67. The van der Waals surface area contributed by atoms with Crippen LogP contribution >= 0.6 is 0 Å². The number of imidazole rings is 1. The number of nitrogens with one attached hydrogen (secondary N) is 2. The monoisotopic (exact) mass is 567 g/mol. The van der Waals surface area contributed by atoms with Crippen LogP contribution < -0.4 is 16.4 Å². The zero-order valence-corrected chi connectivity index (χ0v) is 24.3. The highest BCUT2D eigenvalue weighted by atomic mass is 16.6. The van der Waals surface area contributed by atoms with Gasteiger partial charge in [0, 0.05) is 24.6 Å². The van der Waals surface area contributed by atoms with E-state index in [1.807, 2.05) is 24.3 Å². The van der Waals surface area contributed by atoms with Gasteiger partial charge in [0.2, 0.25) is 0 Å². The third-order valence-corrected chi connectivity index (χ3v) is 8.18. The molecule has 2 aliphatic rings. The number of nitrogens with zero attached hydrogens (tertiary/aromatic N) is 5. The number of nitrogens with two attached hydrogens (primary N) is 1. The van der Waals surface area contributed by atoms with Crippen LogP contribution in [-0.4, -0.2) is 91.8 Å². The summed E-state index contributed by atoms with van der Waals surface area (Å²) in [4.78, 5) is 25.0. The summed E-state index contributed by atoms with van der Waals surface area (Å²) in [7, 11) is 2.16. The Balaban J connectivity index is 1.16. The van der Waals surface area contributed by atoms with Crippen molar-refractivity contribution in [2.45, 2.75) is 70.0 Å². The van der Waals surface area contributed by atoms with Crippen molar-refractivity contribution in [3.05, 3.63) is 42.5 Å². The molecular weight excluding hydrogens is 524 g/mol. The van der Waals surface area contributed by atoms with Gasteiger partial charge < -0.3 is 35.8 Å². The summed E-state index contributed by atoms with van der Waals surface area (Å²) < 4.78 is 8.52. The minimum absolute atomic E-state index is 0.0576. The van der Waals surface area contributed by atoms with Gasteiger partial charge in [-0.2, -0.15) is 0 Å².